The van der Waals surface area contributed by atoms with E-state index in [1.54, 1.807) is 24.3 Å². The van der Waals surface area contributed by atoms with Crippen LogP contribution in [0.25, 0.3) is 0 Å². The number of amides is 2. The summed E-state index contributed by atoms with van der Waals surface area (Å²) in [6.45, 7) is 3.77. The number of halogens is 2. The summed E-state index contributed by atoms with van der Waals surface area (Å²) in [4.78, 5) is 26.8. The van der Waals surface area contributed by atoms with Crippen molar-refractivity contribution in [2.24, 2.45) is 5.73 Å². The second kappa shape index (κ2) is 12.4. The third kappa shape index (κ3) is 7.33. The molecule has 0 aliphatic carbocycles. The van der Waals surface area contributed by atoms with Crippen molar-refractivity contribution in [1.82, 2.24) is 10.2 Å². The summed E-state index contributed by atoms with van der Waals surface area (Å²) in [6.07, 6.45) is 2.49. The lowest BCUT2D eigenvalue weighted by Gasteiger charge is -2.15. The zero-order valence-corrected chi connectivity index (χ0v) is 17.8. The predicted molar refractivity (Wildman–Crippen MR) is 121 cm³/mol. The van der Waals surface area contributed by atoms with Gasteiger partial charge in [0.2, 0.25) is 5.91 Å². The van der Waals surface area contributed by atoms with Crippen LogP contribution in [-0.4, -0.2) is 42.9 Å². The van der Waals surface area contributed by atoms with Crippen LogP contribution in [0.5, 0.6) is 0 Å². The fraction of sp³-hybridized carbons (Fsp3) is 0.333. The van der Waals surface area contributed by atoms with Gasteiger partial charge in [-0.05, 0) is 55.8 Å². The van der Waals surface area contributed by atoms with E-state index < -0.39 is 6.04 Å². The first-order valence-corrected chi connectivity index (χ1v) is 9.35. The first-order chi connectivity index (χ1) is 13.1. The van der Waals surface area contributed by atoms with Crippen LogP contribution in [0.3, 0.4) is 0 Å². The average molecular weight is 439 g/mol. The van der Waals surface area contributed by atoms with Gasteiger partial charge < -0.3 is 21.3 Å². The van der Waals surface area contributed by atoms with E-state index in [9.17, 15) is 9.59 Å². The Balaban J connectivity index is 0.00000210. The van der Waals surface area contributed by atoms with E-state index in [1.807, 2.05) is 30.3 Å². The number of rotatable bonds is 7. The summed E-state index contributed by atoms with van der Waals surface area (Å²) in [5.74, 6) is -0.392. The minimum Gasteiger partial charge on any atom is -0.351 e. The molecule has 3 rings (SSSR count). The number of hydrogen-bond donors (Lipinski definition) is 3. The highest BCUT2D eigenvalue weighted by Gasteiger charge is 2.16. The van der Waals surface area contributed by atoms with Crippen LogP contribution in [-0.2, 0) is 4.79 Å². The molecule has 1 heterocycles. The average Bonchev–Trinajstić information content (AvgIpc) is 3.22. The molecule has 1 unspecified atom stereocenters. The van der Waals surface area contributed by atoms with Gasteiger partial charge in [0.25, 0.3) is 5.91 Å². The van der Waals surface area contributed by atoms with Crippen molar-refractivity contribution in [3.63, 3.8) is 0 Å². The van der Waals surface area contributed by atoms with Crippen LogP contribution in [0.1, 0.15) is 34.8 Å². The van der Waals surface area contributed by atoms with E-state index in [4.69, 9.17) is 5.73 Å². The van der Waals surface area contributed by atoms with Crippen molar-refractivity contribution < 1.29 is 9.59 Å². The first kappa shape index (κ1) is 24.9. The maximum absolute atomic E-state index is 12.3. The topological polar surface area (TPSA) is 87.5 Å². The van der Waals surface area contributed by atoms with Gasteiger partial charge in [-0.3, -0.25) is 9.59 Å². The fourth-order valence-corrected chi connectivity index (χ4v) is 3.17. The molecule has 1 saturated heterocycles. The first-order valence-electron chi connectivity index (χ1n) is 9.35. The smallest absolute Gasteiger partial charge is 0.251 e. The van der Waals surface area contributed by atoms with Gasteiger partial charge in [0.05, 0.1) is 0 Å². The van der Waals surface area contributed by atoms with Gasteiger partial charge in [0, 0.05) is 24.3 Å². The van der Waals surface area contributed by atoms with Gasteiger partial charge in [0.15, 0.2) is 0 Å². The van der Waals surface area contributed by atoms with Crippen molar-refractivity contribution in [1.29, 1.82) is 0 Å². The molecule has 0 saturated carbocycles. The van der Waals surface area contributed by atoms with Crippen molar-refractivity contribution in [3.05, 3.63) is 65.7 Å². The molecule has 0 bridgehead atoms. The van der Waals surface area contributed by atoms with Crippen molar-refractivity contribution in [2.75, 3.05) is 31.5 Å². The minimum absolute atomic E-state index is 0. The Labute approximate surface area is 184 Å². The Bertz CT molecular complexity index is 766. The molecular weight excluding hydrogens is 411 g/mol. The summed E-state index contributed by atoms with van der Waals surface area (Å²) in [5.41, 5.74) is 7.93. The number of nitrogens with zero attached hydrogens (tertiary/aromatic N) is 1. The molecule has 8 heteroatoms. The highest BCUT2D eigenvalue weighted by molar-refractivity contribution is 5.97. The number of carbonyl (C=O) groups excluding carboxylic acids is 2. The zero-order chi connectivity index (χ0) is 19.1. The van der Waals surface area contributed by atoms with Gasteiger partial charge >= 0.3 is 0 Å². The number of nitrogens with one attached hydrogen (secondary N) is 2. The predicted octanol–water partition coefficient (Wildman–Crippen LogP) is 2.99. The summed E-state index contributed by atoms with van der Waals surface area (Å²) in [7, 11) is 0. The van der Waals surface area contributed by atoms with Gasteiger partial charge in [0.1, 0.15) is 6.04 Å². The Morgan fingerprint density at radius 1 is 0.966 bits per heavy atom. The largest absolute Gasteiger partial charge is 0.351 e. The molecule has 1 aliphatic heterocycles. The summed E-state index contributed by atoms with van der Waals surface area (Å²) in [5, 5.41) is 5.72. The summed E-state index contributed by atoms with van der Waals surface area (Å²) in [6, 6.07) is 15.3. The Morgan fingerprint density at radius 2 is 1.59 bits per heavy atom. The number of carbonyl (C=O) groups is 2. The number of likely N-dealkylation sites (tertiary alicyclic amines) is 1. The number of hydrogen-bond acceptors (Lipinski definition) is 4. The molecule has 0 spiro atoms. The van der Waals surface area contributed by atoms with Crippen molar-refractivity contribution in [2.45, 2.75) is 18.9 Å². The third-order valence-electron chi connectivity index (χ3n) is 4.77. The lowest BCUT2D eigenvalue weighted by Crippen LogP contribution is -2.33. The lowest BCUT2D eigenvalue weighted by atomic mass is 10.1. The molecule has 1 fully saturated rings. The van der Waals surface area contributed by atoms with E-state index in [1.165, 1.54) is 12.8 Å². The van der Waals surface area contributed by atoms with Crippen LogP contribution in [0.4, 0.5) is 5.69 Å². The Morgan fingerprint density at radius 3 is 2.21 bits per heavy atom. The second-order valence-corrected chi connectivity index (χ2v) is 6.76. The normalized spacial score (nSPS) is 14.2. The highest BCUT2D eigenvalue weighted by Crippen LogP contribution is 2.15. The molecular formula is C21H28Cl2N4O2. The molecule has 2 amide bonds. The van der Waals surface area contributed by atoms with Crippen LogP contribution >= 0.6 is 24.8 Å². The van der Waals surface area contributed by atoms with Gasteiger partial charge in [-0.25, -0.2) is 0 Å². The Hall–Kier alpha value is -2.12. The maximum atomic E-state index is 12.3. The number of anilines is 1. The van der Waals surface area contributed by atoms with E-state index in [-0.39, 0.29) is 36.6 Å². The molecule has 1 atom stereocenters. The highest BCUT2D eigenvalue weighted by atomic mass is 35.5. The number of nitrogens with two attached hydrogens (primary N) is 1. The van der Waals surface area contributed by atoms with Crippen LogP contribution in [0.15, 0.2) is 54.6 Å². The third-order valence-corrected chi connectivity index (χ3v) is 4.77. The second-order valence-electron chi connectivity index (χ2n) is 6.76. The van der Waals surface area contributed by atoms with Crippen molar-refractivity contribution >= 4 is 42.3 Å². The summed E-state index contributed by atoms with van der Waals surface area (Å²) < 4.78 is 0. The van der Waals surface area contributed by atoms with E-state index >= 15 is 0 Å². The quantitative estimate of drug-likeness (QED) is 0.619. The van der Waals surface area contributed by atoms with Gasteiger partial charge in [-0.2, -0.15) is 0 Å². The van der Waals surface area contributed by atoms with E-state index in [2.05, 4.69) is 15.5 Å². The Kier molecular flexibility index (Phi) is 10.7. The SMILES string of the molecule is Cl.Cl.NC(C(=O)Nc1ccc(C(=O)NCCN2CCCC2)cc1)c1ccccc1. The molecule has 2 aromatic carbocycles. The summed E-state index contributed by atoms with van der Waals surface area (Å²) >= 11 is 0. The van der Waals surface area contributed by atoms with E-state index in [0.717, 1.165) is 25.2 Å². The maximum Gasteiger partial charge on any atom is 0.251 e. The monoisotopic (exact) mass is 438 g/mol. The molecule has 4 N–H and O–H groups in total. The molecule has 0 radical (unpaired) electrons. The molecule has 2 aromatic rings. The van der Waals surface area contributed by atoms with Crippen molar-refractivity contribution in [3.8, 4) is 0 Å². The zero-order valence-electron chi connectivity index (χ0n) is 16.2. The molecule has 6 nitrogen and oxygen atoms in total. The standard InChI is InChI=1S/C21H26N4O2.2ClH/c22-19(16-6-2-1-3-7-16)21(27)24-18-10-8-17(9-11-18)20(26)23-12-15-25-13-4-5-14-25;;/h1-3,6-11,19H,4-5,12-15,22H2,(H,23,26)(H,24,27);2*1H. The fourth-order valence-electron chi connectivity index (χ4n) is 3.17. The van der Waals surface area contributed by atoms with Gasteiger partial charge in [-0.15, -0.1) is 24.8 Å². The molecule has 158 valence electrons. The van der Waals surface area contributed by atoms with Crippen LogP contribution in [0.2, 0.25) is 0 Å². The van der Waals surface area contributed by atoms with Crippen LogP contribution in [0, 0.1) is 0 Å². The van der Waals surface area contributed by atoms with Gasteiger partial charge in [-0.1, -0.05) is 30.3 Å². The lowest BCUT2D eigenvalue weighted by molar-refractivity contribution is -0.117. The molecule has 29 heavy (non-hydrogen) atoms. The molecule has 1 aliphatic rings. The minimum atomic E-state index is -0.736. The van der Waals surface area contributed by atoms with E-state index in [0.29, 0.717) is 17.8 Å². The number of benzene rings is 2. The van der Waals surface area contributed by atoms with Crippen LogP contribution < -0.4 is 16.4 Å². The molecule has 0 aromatic heterocycles.